The first-order valence-electron chi connectivity index (χ1n) is 6.34. The minimum absolute atomic E-state index is 0.394. The van der Waals surface area contributed by atoms with Crippen molar-refractivity contribution in [2.75, 3.05) is 13.1 Å². The lowest BCUT2D eigenvalue weighted by atomic mass is 9.99. The van der Waals surface area contributed by atoms with Crippen LogP contribution in [0.25, 0.3) is 0 Å². The SMILES string of the molecule is c1cncc(Cc2nc(C3CCCNC3)no2)c1. The van der Waals surface area contributed by atoms with Crippen LogP contribution in [0.2, 0.25) is 0 Å². The molecule has 5 nitrogen and oxygen atoms in total. The molecule has 0 aliphatic carbocycles. The molecule has 2 aromatic rings. The fourth-order valence-corrected chi connectivity index (χ4v) is 2.26. The maximum absolute atomic E-state index is 5.31. The summed E-state index contributed by atoms with van der Waals surface area (Å²) in [5.41, 5.74) is 1.09. The predicted molar refractivity (Wildman–Crippen MR) is 66.2 cm³/mol. The fourth-order valence-electron chi connectivity index (χ4n) is 2.26. The maximum atomic E-state index is 5.31. The number of piperidine rings is 1. The monoisotopic (exact) mass is 244 g/mol. The van der Waals surface area contributed by atoms with Gasteiger partial charge in [-0.05, 0) is 31.0 Å². The molecule has 0 amide bonds. The summed E-state index contributed by atoms with van der Waals surface area (Å²) in [6.07, 6.45) is 6.56. The van der Waals surface area contributed by atoms with E-state index in [0.29, 0.717) is 18.2 Å². The van der Waals surface area contributed by atoms with Gasteiger partial charge in [0.05, 0.1) is 6.42 Å². The van der Waals surface area contributed by atoms with Crippen LogP contribution in [0, 0.1) is 0 Å². The summed E-state index contributed by atoms with van der Waals surface area (Å²) in [6.45, 7) is 2.04. The molecule has 3 heterocycles. The van der Waals surface area contributed by atoms with Gasteiger partial charge in [-0.25, -0.2) is 0 Å². The Morgan fingerprint density at radius 3 is 3.22 bits per heavy atom. The van der Waals surface area contributed by atoms with Crippen molar-refractivity contribution in [3.05, 3.63) is 41.8 Å². The highest BCUT2D eigenvalue weighted by Gasteiger charge is 2.20. The number of hydrogen-bond acceptors (Lipinski definition) is 5. The molecule has 1 fully saturated rings. The molecule has 1 atom stereocenters. The third-order valence-corrected chi connectivity index (χ3v) is 3.22. The number of nitrogens with one attached hydrogen (secondary N) is 1. The van der Waals surface area contributed by atoms with Gasteiger partial charge in [-0.2, -0.15) is 4.98 Å². The molecule has 18 heavy (non-hydrogen) atoms. The van der Waals surface area contributed by atoms with Crippen molar-refractivity contribution in [2.45, 2.75) is 25.2 Å². The first-order chi connectivity index (χ1) is 8.92. The van der Waals surface area contributed by atoms with Crippen molar-refractivity contribution >= 4 is 0 Å². The molecule has 5 heteroatoms. The van der Waals surface area contributed by atoms with Gasteiger partial charge in [0.1, 0.15) is 0 Å². The molecule has 1 unspecified atom stereocenters. The summed E-state index contributed by atoms with van der Waals surface area (Å²) < 4.78 is 5.31. The first-order valence-corrected chi connectivity index (χ1v) is 6.34. The van der Waals surface area contributed by atoms with Crippen molar-refractivity contribution in [3.63, 3.8) is 0 Å². The van der Waals surface area contributed by atoms with E-state index >= 15 is 0 Å². The minimum Gasteiger partial charge on any atom is -0.339 e. The molecule has 0 spiro atoms. The summed E-state index contributed by atoms with van der Waals surface area (Å²) in [5.74, 6) is 1.90. The summed E-state index contributed by atoms with van der Waals surface area (Å²) in [4.78, 5) is 8.56. The average molecular weight is 244 g/mol. The van der Waals surface area contributed by atoms with Crippen LogP contribution in [-0.2, 0) is 6.42 Å². The van der Waals surface area contributed by atoms with Crippen molar-refractivity contribution in [3.8, 4) is 0 Å². The third kappa shape index (κ3) is 2.56. The first kappa shape index (κ1) is 11.3. The number of rotatable bonds is 3. The van der Waals surface area contributed by atoms with Crippen LogP contribution in [0.5, 0.6) is 0 Å². The smallest absolute Gasteiger partial charge is 0.231 e. The normalized spacial score (nSPS) is 19.9. The zero-order valence-corrected chi connectivity index (χ0v) is 10.2. The Labute approximate surface area is 106 Å². The van der Waals surface area contributed by atoms with Gasteiger partial charge in [0.25, 0.3) is 0 Å². The molecule has 1 aliphatic rings. The molecule has 1 aliphatic heterocycles. The lowest BCUT2D eigenvalue weighted by Gasteiger charge is -2.19. The molecule has 94 valence electrons. The molecular formula is C13H16N4O. The van der Waals surface area contributed by atoms with Gasteiger partial charge in [0, 0.05) is 24.9 Å². The lowest BCUT2D eigenvalue weighted by molar-refractivity contribution is 0.366. The minimum atomic E-state index is 0.394. The van der Waals surface area contributed by atoms with Crippen LogP contribution in [0.15, 0.2) is 29.0 Å². The fraction of sp³-hybridized carbons (Fsp3) is 0.462. The molecule has 1 saturated heterocycles. The van der Waals surface area contributed by atoms with Crippen molar-refractivity contribution in [2.24, 2.45) is 0 Å². The molecule has 0 radical (unpaired) electrons. The zero-order chi connectivity index (χ0) is 12.2. The maximum Gasteiger partial charge on any atom is 0.231 e. The van der Waals surface area contributed by atoms with E-state index in [9.17, 15) is 0 Å². The summed E-state index contributed by atoms with van der Waals surface area (Å²) in [7, 11) is 0. The molecule has 0 aromatic carbocycles. The van der Waals surface area contributed by atoms with E-state index in [0.717, 1.165) is 30.9 Å². The van der Waals surface area contributed by atoms with Crippen LogP contribution in [-0.4, -0.2) is 28.2 Å². The van der Waals surface area contributed by atoms with E-state index in [1.165, 1.54) is 6.42 Å². The highest BCUT2D eigenvalue weighted by molar-refractivity contribution is 5.13. The van der Waals surface area contributed by atoms with Crippen molar-refractivity contribution in [1.82, 2.24) is 20.4 Å². The largest absolute Gasteiger partial charge is 0.339 e. The summed E-state index contributed by atoms with van der Waals surface area (Å²) in [6, 6.07) is 3.93. The van der Waals surface area contributed by atoms with Crippen molar-refractivity contribution < 1.29 is 4.52 Å². The van der Waals surface area contributed by atoms with Gasteiger partial charge in [0.2, 0.25) is 5.89 Å². The van der Waals surface area contributed by atoms with E-state index in [1.807, 2.05) is 18.3 Å². The molecule has 1 N–H and O–H groups in total. The number of nitrogens with zero attached hydrogens (tertiary/aromatic N) is 3. The van der Waals surface area contributed by atoms with E-state index in [-0.39, 0.29) is 0 Å². The standard InChI is InChI=1S/C13H16N4O/c1-3-10(8-14-5-1)7-12-16-13(17-18-12)11-4-2-6-15-9-11/h1,3,5,8,11,15H,2,4,6-7,9H2. The highest BCUT2D eigenvalue weighted by atomic mass is 16.5. The number of aromatic nitrogens is 3. The average Bonchev–Trinajstić information content (AvgIpc) is 2.89. The zero-order valence-electron chi connectivity index (χ0n) is 10.2. The van der Waals surface area contributed by atoms with E-state index in [2.05, 4.69) is 20.4 Å². The number of pyridine rings is 1. The lowest BCUT2D eigenvalue weighted by Crippen LogP contribution is -2.28. The second-order valence-electron chi connectivity index (χ2n) is 4.63. The Morgan fingerprint density at radius 2 is 2.44 bits per heavy atom. The quantitative estimate of drug-likeness (QED) is 0.887. The van der Waals surface area contributed by atoms with E-state index in [4.69, 9.17) is 4.52 Å². The van der Waals surface area contributed by atoms with Gasteiger partial charge < -0.3 is 9.84 Å². The molecule has 2 aromatic heterocycles. The van der Waals surface area contributed by atoms with Gasteiger partial charge in [-0.3, -0.25) is 4.98 Å². The number of hydrogen-bond donors (Lipinski definition) is 1. The van der Waals surface area contributed by atoms with Crippen LogP contribution < -0.4 is 5.32 Å². The summed E-state index contributed by atoms with van der Waals surface area (Å²) >= 11 is 0. The molecular weight excluding hydrogens is 228 g/mol. The Bertz CT molecular complexity index is 491. The van der Waals surface area contributed by atoms with Crippen LogP contribution in [0.3, 0.4) is 0 Å². The van der Waals surface area contributed by atoms with Crippen molar-refractivity contribution in [1.29, 1.82) is 0 Å². The Balaban J connectivity index is 1.69. The van der Waals surface area contributed by atoms with Gasteiger partial charge in [0.15, 0.2) is 5.82 Å². The molecule has 3 rings (SSSR count). The highest BCUT2D eigenvalue weighted by Crippen LogP contribution is 2.20. The van der Waals surface area contributed by atoms with Crippen LogP contribution in [0.4, 0.5) is 0 Å². The van der Waals surface area contributed by atoms with Gasteiger partial charge in [-0.1, -0.05) is 11.2 Å². The third-order valence-electron chi connectivity index (χ3n) is 3.22. The second-order valence-corrected chi connectivity index (χ2v) is 4.63. The van der Waals surface area contributed by atoms with Crippen LogP contribution >= 0.6 is 0 Å². The van der Waals surface area contributed by atoms with E-state index in [1.54, 1.807) is 6.20 Å². The van der Waals surface area contributed by atoms with Gasteiger partial charge in [-0.15, -0.1) is 0 Å². The van der Waals surface area contributed by atoms with Gasteiger partial charge >= 0.3 is 0 Å². The second kappa shape index (κ2) is 5.27. The molecule has 0 bridgehead atoms. The van der Waals surface area contributed by atoms with Crippen LogP contribution in [0.1, 0.15) is 36.0 Å². The Morgan fingerprint density at radius 1 is 1.44 bits per heavy atom. The molecule has 0 saturated carbocycles. The predicted octanol–water partition coefficient (Wildman–Crippen LogP) is 1.52. The van der Waals surface area contributed by atoms with E-state index < -0.39 is 0 Å². The summed E-state index contributed by atoms with van der Waals surface area (Å²) in [5, 5.41) is 7.45. The Hall–Kier alpha value is -1.75. The topological polar surface area (TPSA) is 63.8 Å². The Kier molecular flexibility index (Phi) is 3.32.